The van der Waals surface area contributed by atoms with Crippen LogP contribution in [0, 0.1) is 0 Å². The minimum absolute atomic E-state index is 0.0385. The Balaban J connectivity index is 1.05. The topological polar surface area (TPSA) is 25.8 Å². The molecular weight excluding hydrogens is 797 g/mol. The summed E-state index contributed by atoms with van der Waals surface area (Å²) >= 11 is 0. The van der Waals surface area contributed by atoms with Gasteiger partial charge in [-0.15, -0.1) is 0 Å². The first kappa shape index (κ1) is 38.5. The van der Waals surface area contributed by atoms with Crippen LogP contribution in [-0.4, -0.2) is 9.97 Å². The fraction of sp³-hybridized carbons (Fsp3) is 0.0938. The van der Waals surface area contributed by atoms with Crippen LogP contribution in [0.15, 0.2) is 218 Å². The van der Waals surface area contributed by atoms with Crippen molar-refractivity contribution in [1.29, 1.82) is 0 Å². The second-order valence-electron chi connectivity index (χ2n) is 18.3. The second-order valence-corrected chi connectivity index (χ2v) is 18.3. The number of fused-ring (bicyclic) bond motifs is 8. The number of hydrogen-bond donors (Lipinski definition) is 0. The Kier molecular flexibility index (Phi) is 9.13. The number of aromatic nitrogens is 2. The average Bonchev–Trinajstić information content (AvgIpc) is 3.64. The van der Waals surface area contributed by atoms with Crippen molar-refractivity contribution in [2.45, 2.75) is 37.5 Å². The van der Waals surface area contributed by atoms with Gasteiger partial charge in [0.2, 0.25) is 0 Å². The minimum atomic E-state index is 0.0385. The fourth-order valence-electron chi connectivity index (χ4n) is 11.7. The molecule has 1 spiro atoms. The van der Waals surface area contributed by atoms with Gasteiger partial charge in [0.25, 0.3) is 0 Å². The van der Waals surface area contributed by atoms with E-state index in [2.05, 4.69) is 212 Å². The summed E-state index contributed by atoms with van der Waals surface area (Å²) < 4.78 is 0. The normalized spacial score (nSPS) is 13.9. The van der Waals surface area contributed by atoms with Gasteiger partial charge in [0.1, 0.15) is 0 Å². The molecule has 0 aliphatic heterocycles. The summed E-state index contributed by atoms with van der Waals surface area (Å²) in [6, 6.07) is 80.1. The molecule has 312 valence electrons. The number of benzene rings is 10. The lowest BCUT2D eigenvalue weighted by Gasteiger charge is -2.36. The zero-order chi connectivity index (χ0) is 43.6. The molecule has 11 aromatic rings. The zero-order valence-corrected chi connectivity index (χ0v) is 36.7. The highest BCUT2D eigenvalue weighted by Gasteiger charge is 2.45. The lowest BCUT2D eigenvalue weighted by molar-refractivity contribution is 0.353. The highest BCUT2D eigenvalue weighted by atomic mass is 14.9. The highest BCUT2D eigenvalue weighted by molar-refractivity contribution is 6.22. The van der Waals surface area contributed by atoms with Gasteiger partial charge >= 0.3 is 0 Å². The molecule has 1 aromatic heterocycles. The highest BCUT2D eigenvalue weighted by Crippen LogP contribution is 2.59. The third-order valence-electron chi connectivity index (χ3n) is 14.7. The molecule has 10 aromatic carbocycles. The molecule has 0 atom stereocenters. The van der Waals surface area contributed by atoms with Gasteiger partial charge in [0, 0.05) is 22.1 Å². The molecule has 0 radical (unpaired) electrons. The van der Waals surface area contributed by atoms with Crippen LogP contribution >= 0.6 is 0 Å². The van der Waals surface area contributed by atoms with Crippen LogP contribution < -0.4 is 0 Å². The van der Waals surface area contributed by atoms with E-state index in [4.69, 9.17) is 9.97 Å². The van der Waals surface area contributed by atoms with Crippen LogP contribution in [-0.2, 0) is 5.41 Å². The lowest BCUT2D eigenvalue weighted by Crippen LogP contribution is -2.28. The Morgan fingerprint density at radius 3 is 1.55 bits per heavy atom. The van der Waals surface area contributed by atoms with E-state index < -0.39 is 0 Å². The van der Waals surface area contributed by atoms with Gasteiger partial charge in [0.05, 0.1) is 11.4 Å². The van der Waals surface area contributed by atoms with Crippen molar-refractivity contribution in [2.24, 2.45) is 0 Å². The van der Waals surface area contributed by atoms with Gasteiger partial charge in [-0.25, -0.2) is 9.97 Å². The van der Waals surface area contributed by atoms with Gasteiger partial charge in [0.15, 0.2) is 5.82 Å². The summed E-state index contributed by atoms with van der Waals surface area (Å²) in [6.07, 6.45) is 6.23. The average molecular weight is 843 g/mol. The predicted molar refractivity (Wildman–Crippen MR) is 276 cm³/mol. The first-order valence-electron chi connectivity index (χ1n) is 23.5. The number of nitrogens with zero attached hydrogens (tertiary/aromatic N) is 2. The number of hydrogen-bond acceptors (Lipinski definition) is 2. The minimum Gasteiger partial charge on any atom is -0.228 e. The largest absolute Gasteiger partial charge is 0.228 e. The molecule has 0 amide bonds. The number of rotatable bonds is 6. The second kappa shape index (κ2) is 15.6. The van der Waals surface area contributed by atoms with Crippen LogP contribution in [0.3, 0.4) is 0 Å². The van der Waals surface area contributed by atoms with Gasteiger partial charge < -0.3 is 0 Å². The van der Waals surface area contributed by atoms with Crippen molar-refractivity contribution in [1.82, 2.24) is 9.97 Å². The molecule has 1 saturated carbocycles. The van der Waals surface area contributed by atoms with Gasteiger partial charge in [-0.1, -0.05) is 213 Å². The summed E-state index contributed by atoms with van der Waals surface area (Å²) in [5, 5.41) is 7.37. The standard InChI is InChI=1S/C64H46N2/c1-4-20-42(21-5-1)44-26-18-27-47(38-44)58-41-59(66-63(65-58)43-22-6-2-7-23-43)62-53-32-14-12-30-51(53)60(52-31-13-15-33-54(52)62)49-29-11-10-28-48(49)50-34-19-35-56-61(50)55-39-45-24-8-9-25-46(45)40-57(55)64(56)36-16-3-17-37-64/h1-2,4-15,18-35,38-41H,3,16-17,36-37H2. The Labute approximate surface area is 385 Å². The molecule has 0 saturated heterocycles. The summed E-state index contributed by atoms with van der Waals surface area (Å²) in [6.45, 7) is 0. The van der Waals surface area contributed by atoms with Gasteiger partial charge in [-0.3, -0.25) is 0 Å². The van der Waals surface area contributed by atoms with Crippen molar-refractivity contribution in [2.75, 3.05) is 0 Å². The lowest BCUT2D eigenvalue weighted by atomic mass is 9.67. The molecule has 2 aliphatic carbocycles. The summed E-state index contributed by atoms with van der Waals surface area (Å²) in [5.41, 5.74) is 18.2. The molecule has 0 bridgehead atoms. The van der Waals surface area contributed by atoms with Gasteiger partial charge in [-0.05, 0) is 125 Å². The predicted octanol–water partition coefficient (Wildman–Crippen LogP) is 17.2. The smallest absolute Gasteiger partial charge is 0.160 e. The monoisotopic (exact) mass is 842 g/mol. The van der Waals surface area contributed by atoms with E-state index in [9.17, 15) is 0 Å². The Morgan fingerprint density at radius 1 is 0.303 bits per heavy atom. The maximum Gasteiger partial charge on any atom is 0.160 e. The summed E-state index contributed by atoms with van der Waals surface area (Å²) in [7, 11) is 0. The van der Waals surface area contributed by atoms with E-state index in [1.165, 1.54) is 114 Å². The Hall–Kier alpha value is -7.94. The molecular formula is C64H46N2. The summed E-state index contributed by atoms with van der Waals surface area (Å²) in [5.74, 6) is 0.706. The van der Waals surface area contributed by atoms with E-state index in [1.807, 2.05) is 6.07 Å². The maximum atomic E-state index is 5.46. The van der Waals surface area contributed by atoms with E-state index in [0.717, 1.165) is 33.6 Å². The Bertz CT molecular complexity index is 3620. The third-order valence-corrected chi connectivity index (χ3v) is 14.7. The fourth-order valence-corrected chi connectivity index (χ4v) is 11.7. The Morgan fingerprint density at radius 2 is 0.833 bits per heavy atom. The van der Waals surface area contributed by atoms with E-state index in [1.54, 1.807) is 0 Å². The molecule has 0 N–H and O–H groups in total. The van der Waals surface area contributed by atoms with E-state index in [-0.39, 0.29) is 5.41 Å². The van der Waals surface area contributed by atoms with Crippen LogP contribution in [0.4, 0.5) is 0 Å². The van der Waals surface area contributed by atoms with E-state index >= 15 is 0 Å². The van der Waals surface area contributed by atoms with E-state index in [0.29, 0.717) is 5.82 Å². The van der Waals surface area contributed by atoms with Crippen molar-refractivity contribution >= 4 is 32.3 Å². The van der Waals surface area contributed by atoms with Crippen LogP contribution in [0.2, 0.25) is 0 Å². The van der Waals surface area contributed by atoms with Crippen molar-refractivity contribution in [3.8, 4) is 78.4 Å². The first-order chi connectivity index (χ1) is 32.7. The van der Waals surface area contributed by atoms with Crippen LogP contribution in [0.25, 0.3) is 111 Å². The van der Waals surface area contributed by atoms with Crippen molar-refractivity contribution in [3.05, 3.63) is 230 Å². The molecule has 2 aliphatic rings. The first-order valence-corrected chi connectivity index (χ1v) is 23.5. The zero-order valence-electron chi connectivity index (χ0n) is 36.7. The maximum absolute atomic E-state index is 5.46. The van der Waals surface area contributed by atoms with Crippen LogP contribution in [0.5, 0.6) is 0 Å². The quantitative estimate of drug-likeness (QED) is 0.156. The van der Waals surface area contributed by atoms with Crippen molar-refractivity contribution < 1.29 is 0 Å². The van der Waals surface area contributed by atoms with Crippen molar-refractivity contribution in [3.63, 3.8) is 0 Å². The van der Waals surface area contributed by atoms with Crippen LogP contribution in [0.1, 0.15) is 43.2 Å². The summed E-state index contributed by atoms with van der Waals surface area (Å²) in [4.78, 5) is 10.7. The molecule has 2 nitrogen and oxygen atoms in total. The SMILES string of the molecule is c1ccc(-c2cccc(-c3cc(-c4c5ccccc5c(-c5ccccc5-c5cccc6c5-c5cc7ccccc7cc5C65CCCCC5)c5ccccc45)nc(-c4ccccc4)n3)c2)cc1. The molecule has 66 heavy (non-hydrogen) atoms. The van der Waals surface area contributed by atoms with Gasteiger partial charge in [-0.2, -0.15) is 0 Å². The third kappa shape index (κ3) is 6.16. The molecule has 0 unspecified atom stereocenters. The molecule has 2 heteroatoms. The molecule has 1 heterocycles. The molecule has 1 fully saturated rings. The molecule has 13 rings (SSSR count).